The van der Waals surface area contributed by atoms with E-state index in [1.165, 1.54) is 0 Å². The lowest BCUT2D eigenvalue weighted by molar-refractivity contribution is 0.465. The predicted molar refractivity (Wildman–Crippen MR) is 86.4 cm³/mol. The first kappa shape index (κ1) is 13.9. The molecule has 21 heavy (non-hydrogen) atoms. The Morgan fingerprint density at radius 3 is 3.00 bits per heavy atom. The zero-order chi connectivity index (χ0) is 15.0. The van der Waals surface area contributed by atoms with Crippen molar-refractivity contribution in [1.82, 2.24) is 14.8 Å². The maximum absolute atomic E-state index is 9.98. The van der Waals surface area contributed by atoms with Gasteiger partial charge in [-0.25, -0.2) is 4.98 Å². The molecule has 0 spiro atoms. The first-order valence-electron chi connectivity index (χ1n) is 6.56. The van der Waals surface area contributed by atoms with Crippen molar-refractivity contribution >= 4 is 32.7 Å². The van der Waals surface area contributed by atoms with Crippen molar-refractivity contribution in [1.29, 1.82) is 0 Å². The fourth-order valence-electron chi connectivity index (χ4n) is 2.30. The summed E-state index contributed by atoms with van der Waals surface area (Å²) < 4.78 is 2.47. The zero-order valence-electron chi connectivity index (χ0n) is 11.8. The number of rotatable bonds is 3. The third kappa shape index (κ3) is 2.58. The maximum atomic E-state index is 9.98. The van der Waals surface area contributed by atoms with Crippen LogP contribution in [-0.4, -0.2) is 19.9 Å². The van der Waals surface area contributed by atoms with Crippen LogP contribution in [0.15, 0.2) is 34.9 Å². The minimum Gasteiger partial charge on any atom is -0.506 e. The number of aryl methyl sites for hydroxylation is 2. The van der Waals surface area contributed by atoms with Crippen LogP contribution in [0, 0.1) is 6.92 Å². The molecule has 0 aliphatic rings. The van der Waals surface area contributed by atoms with Crippen molar-refractivity contribution in [3.8, 4) is 5.75 Å². The molecule has 0 fully saturated rings. The third-order valence-electron chi connectivity index (χ3n) is 3.42. The summed E-state index contributed by atoms with van der Waals surface area (Å²) >= 11 is 3.32. The normalized spacial score (nSPS) is 11.0. The lowest BCUT2D eigenvalue weighted by Gasteiger charge is -2.09. The lowest BCUT2D eigenvalue weighted by Crippen LogP contribution is -2.00. The molecular formula is C15H15BrN4O. The molecule has 3 aromatic rings. The third-order valence-corrected chi connectivity index (χ3v) is 4.06. The van der Waals surface area contributed by atoms with Crippen molar-refractivity contribution in [3.05, 3.63) is 46.2 Å². The second-order valence-electron chi connectivity index (χ2n) is 4.91. The highest BCUT2D eigenvalue weighted by Gasteiger charge is 2.08. The summed E-state index contributed by atoms with van der Waals surface area (Å²) in [5.41, 5.74) is 3.54. The minimum absolute atomic E-state index is 0.261. The number of fused-ring (bicyclic) bond motifs is 1. The molecule has 2 heterocycles. The van der Waals surface area contributed by atoms with Gasteiger partial charge in [-0.15, -0.1) is 0 Å². The number of phenolic OH excluding ortho intramolecular Hbond substituents is 1. The van der Waals surface area contributed by atoms with Crippen molar-refractivity contribution in [3.63, 3.8) is 0 Å². The maximum Gasteiger partial charge on any atom is 0.157 e. The topological polar surface area (TPSA) is 63.0 Å². The Hall–Kier alpha value is -2.08. The van der Waals surface area contributed by atoms with E-state index >= 15 is 0 Å². The lowest BCUT2D eigenvalue weighted by atomic mass is 10.2. The molecule has 0 atom stereocenters. The van der Waals surface area contributed by atoms with Crippen molar-refractivity contribution in [2.24, 2.45) is 7.05 Å². The van der Waals surface area contributed by atoms with Crippen LogP contribution in [-0.2, 0) is 13.6 Å². The number of hydrogen-bond donors (Lipinski definition) is 2. The molecule has 0 radical (unpaired) electrons. The van der Waals surface area contributed by atoms with Crippen LogP contribution in [0.25, 0.3) is 11.0 Å². The Morgan fingerprint density at radius 1 is 1.38 bits per heavy atom. The number of nitrogens with zero attached hydrogens (tertiary/aromatic N) is 3. The second-order valence-corrected chi connectivity index (χ2v) is 5.76. The van der Waals surface area contributed by atoms with Crippen LogP contribution in [0.5, 0.6) is 5.75 Å². The van der Waals surface area contributed by atoms with Gasteiger partial charge in [0.1, 0.15) is 5.75 Å². The summed E-state index contributed by atoms with van der Waals surface area (Å²) in [7, 11) is 1.88. The molecule has 0 bridgehead atoms. The highest BCUT2D eigenvalue weighted by atomic mass is 79.9. The fourth-order valence-corrected chi connectivity index (χ4v) is 2.71. The number of pyridine rings is 1. The van der Waals surface area contributed by atoms with Gasteiger partial charge in [0.2, 0.25) is 0 Å². The van der Waals surface area contributed by atoms with Crippen LogP contribution in [0.3, 0.4) is 0 Å². The van der Waals surface area contributed by atoms with Gasteiger partial charge in [0.15, 0.2) is 5.65 Å². The van der Waals surface area contributed by atoms with E-state index in [-0.39, 0.29) is 5.75 Å². The smallest absolute Gasteiger partial charge is 0.157 e. The van der Waals surface area contributed by atoms with E-state index in [4.69, 9.17) is 0 Å². The molecule has 2 aromatic heterocycles. The Kier molecular flexibility index (Phi) is 3.55. The number of phenols is 1. The van der Waals surface area contributed by atoms with Crippen molar-refractivity contribution in [2.45, 2.75) is 13.5 Å². The highest BCUT2D eigenvalue weighted by molar-refractivity contribution is 9.10. The molecule has 0 aliphatic heterocycles. The molecule has 0 aliphatic carbocycles. The van der Waals surface area contributed by atoms with Gasteiger partial charge >= 0.3 is 0 Å². The van der Waals surface area contributed by atoms with Gasteiger partial charge in [0.05, 0.1) is 22.1 Å². The quantitative estimate of drug-likeness (QED) is 0.763. The van der Waals surface area contributed by atoms with E-state index in [1.54, 1.807) is 10.9 Å². The number of nitrogens with one attached hydrogen (secondary N) is 1. The van der Waals surface area contributed by atoms with Gasteiger partial charge < -0.3 is 10.4 Å². The second kappa shape index (κ2) is 5.37. The number of halogens is 1. The van der Waals surface area contributed by atoms with Crippen LogP contribution in [0.1, 0.15) is 11.3 Å². The zero-order valence-corrected chi connectivity index (χ0v) is 13.3. The van der Waals surface area contributed by atoms with Crippen molar-refractivity contribution < 1.29 is 5.11 Å². The van der Waals surface area contributed by atoms with E-state index in [9.17, 15) is 5.11 Å². The molecular weight excluding hydrogens is 332 g/mol. The molecule has 108 valence electrons. The van der Waals surface area contributed by atoms with Gasteiger partial charge in [-0.05, 0) is 35.0 Å². The molecule has 3 rings (SSSR count). The number of benzene rings is 1. The molecule has 0 saturated carbocycles. The predicted octanol–water partition coefficient (Wildman–Crippen LogP) is 3.36. The number of aromatic nitrogens is 3. The SMILES string of the molecule is Cc1nn(C)c2ncc(NCc3cccc(Br)c3O)cc12. The summed E-state index contributed by atoms with van der Waals surface area (Å²) in [6, 6.07) is 7.62. The van der Waals surface area contributed by atoms with E-state index in [2.05, 4.69) is 31.3 Å². The van der Waals surface area contributed by atoms with Crippen LogP contribution >= 0.6 is 15.9 Å². The Balaban J connectivity index is 1.85. The fraction of sp³-hybridized carbons (Fsp3) is 0.200. The summed E-state index contributed by atoms with van der Waals surface area (Å²) in [5, 5.41) is 18.6. The van der Waals surface area contributed by atoms with Crippen LogP contribution in [0.4, 0.5) is 5.69 Å². The monoisotopic (exact) mass is 346 g/mol. The number of para-hydroxylation sites is 1. The van der Waals surface area contributed by atoms with Gasteiger partial charge in [-0.1, -0.05) is 12.1 Å². The largest absolute Gasteiger partial charge is 0.506 e. The van der Waals surface area contributed by atoms with E-state index in [1.807, 2.05) is 38.2 Å². The number of hydrogen-bond acceptors (Lipinski definition) is 4. The molecule has 2 N–H and O–H groups in total. The molecule has 0 saturated heterocycles. The van der Waals surface area contributed by atoms with Gasteiger partial charge in [-0.2, -0.15) is 5.10 Å². The van der Waals surface area contributed by atoms with Gasteiger partial charge in [0, 0.05) is 24.5 Å². The van der Waals surface area contributed by atoms with E-state index < -0.39 is 0 Å². The number of anilines is 1. The average Bonchev–Trinajstić information content (AvgIpc) is 2.75. The summed E-state index contributed by atoms with van der Waals surface area (Å²) in [6.07, 6.45) is 1.78. The first-order valence-corrected chi connectivity index (χ1v) is 7.35. The summed E-state index contributed by atoms with van der Waals surface area (Å²) in [4.78, 5) is 4.42. The molecule has 0 amide bonds. The Bertz CT molecular complexity index is 813. The van der Waals surface area contributed by atoms with E-state index in [0.717, 1.165) is 28.0 Å². The standard InChI is InChI=1S/C15H15BrN4O/c1-9-12-6-11(8-18-15(12)20(2)19-9)17-7-10-4-3-5-13(16)14(10)21/h3-6,8,17,21H,7H2,1-2H3. The van der Waals surface area contributed by atoms with Crippen molar-refractivity contribution in [2.75, 3.05) is 5.32 Å². The van der Waals surface area contributed by atoms with Gasteiger partial charge in [0.25, 0.3) is 0 Å². The summed E-state index contributed by atoms with van der Waals surface area (Å²) in [6.45, 7) is 2.49. The number of aromatic hydroxyl groups is 1. The van der Waals surface area contributed by atoms with Crippen LogP contribution in [0.2, 0.25) is 0 Å². The summed E-state index contributed by atoms with van der Waals surface area (Å²) in [5.74, 6) is 0.261. The van der Waals surface area contributed by atoms with E-state index in [0.29, 0.717) is 11.0 Å². The Morgan fingerprint density at radius 2 is 2.19 bits per heavy atom. The molecule has 5 nitrogen and oxygen atoms in total. The molecule has 1 aromatic carbocycles. The molecule has 0 unspecified atom stereocenters. The average molecular weight is 347 g/mol. The van der Waals surface area contributed by atoms with Gasteiger partial charge in [-0.3, -0.25) is 4.68 Å². The molecule has 6 heteroatoms. The minimum atomic E-state index is 0.261. The van der Waals surface area contributed by atoms with Crippen LogP contribution < -0.4 is 5.32 Å². The highest BCUT2D eigenvalue weighted by Crippen LogP contribution is 2.28. The first-order chi connectivity index (χ1) is 10.1. The Labute approximate surface area is 130 Å².